The number of nitrogens with one attached hydrogen (secondary N) is 1. The number of halogens is 1. The molecule has 0 spiro atoms. The first kappa shape index (κ1) is 25.4. The van der Waals surface area contributed by atoms with Gasteiger partial charge in [-0.1, -0.05) is 42.5 Å². The number of benzene rings is 4. The fraction of sp³-hybridized carbons (Fsp3) is 0.188. The summed E-state index contributed by atoms with van der Waals surface area (Å²) in [4.78, 5) is 29.8. The Hall–Kier alpha value is -4.85. The number of ether oxygens (including phenoxy) is 3. The molecule has 0 aromatic heterocycles. The number of carbonyl (C=O) groups excluding carboxylic acids is 2. The van der Waals surface area contributed by atoms with Crippen LogP contribution in [0.2, 0.25) is 0 Å². The summed E-state index contributed by atoms with van der Waals surface area (Å²) >= 11 is 0. The first-order valence-electron chi connectivity index (χ1n) is 13.0. The standard InChI is InChI=1S/C32H27FN2O5/c1-38-24-13-8-21(9-14-24)30-29(31(36)34-23-12-15-27-28(18-23)40-17-16-39-27)25-4-2-3-5-26(25)32(37)35(30)19-20-6-10-22(33)11-7-20/h2-15,18,29-30H,16-17,19H2,1H3,(H,34,36)/t29-,30+/m1/s1. The van der Waals surface area contributed by atoms with Gasteiger partial charge in [0.15, 0.2) is 11.5 Å². The summed E-state index contributed by atoms with van der Waals surface area (Å²) in [7, 11) is 1.58. The number of nitrogens with zero attached hydrogens (tertiary/aromatic N) is 1. The van der Waals surface area contributed by atoms with Gasteiger partial charge in [-0.3, -0.25) is 9.59 Å². The average molecular weight is 539 g/mol. The van der Waals surface area contributed by atoms with E-state index in [1.165, 1.54) is 12.1 Å². The van der Waals surface area contributed by atoms with E-state index >= 15 is 0 Å². The molecule has 8 heteroatoms. The van der Waals surface area contributed by atoms with Gasteiger partial charge in [0.2, 0.25) is 5.91 Å². The average Bonchev–Trinajstić information content (AvgIpc) is 2.99. The van der Waals surface area contributed by atoms with E-state index in [1.54, 1.807) is 54.5 Å². The van der Waals surface area contributed by atoms with Crippen molar-refractivity contribution in [2.24, 2.45) is 0 Å². The fourth-order valence-corrected chi connectivity index (χ4v) is 5.35. The number of hydrogen-bond acceptors (Lipinski definition) is 5. The topological polar surface area (TPSA) is 77.1 Å². The lowest BCUT2D eigenvalue weighted by atomic mass is 9.79. The Morgan fingerprint density at radius 3 is 2.42 bits per heavy atom. The largest absolute Gasteiger partial charge is 0.497 e. The molecule has 0 aliphatic carbocycles. The van der Waals surface area contributed by atoms with Gasteiger partial charge in [-0.05, 0) is 59.2 Å². The smallest absolute Gasteiger partial charge is 0.255 e. The lowest BCUT2D eigenvalue weighted by molar-refractivity contribution is -0.119. The Balaban J connectivity index is 1.43. The zero-order chi connectivity index (χ0) is 27.6. The molecule has 2 aliphatic heterocycles. The molecule has 0 fully saturated rings. The number of anilines is 1. The molecule has 4 aromatic rings. The molecule has 0 unspecified atom stereocenters. The van der Waals surface area contributed by atoms with Gasteiger partial charge in [-0.15, -0.1) is 0 Å². The van der Waals surface area contributed by atoms with Crippen LogP contribution in [0.4, 0.5) is 10.1 Å². The number of carbonyl (C=O) groups is 2. The van der Waals surface area contributed by atoms with Crippen LogP contribution in [0.5, 0.6) is 17.2 Å². The molecule has 2 amide bonds. The van der Waals surface area contributed by atoms with Crippen LogP contribution >= 0.6 is 0 Å². The number of rotatable bonds is 6. The molecule has 0 saturated carbocycles. The molecule has 7 nitrogen and oxygen atoms in total. The third kappa shape index (κ3) is 4.84. The van der Waals surface area contributed by atoms with Gasteiger partial charge in [0, 0.05) is 23.9 Å². The zero-order valence-corrected chi connectivity index (χ0v) is 21.8. The molecule has 40 heavy (non-hydrogen) atoms. The van der Waals surface area contributed by atoms with Crippen LogP contribution < -0.4 is 19.5 Å². The molecular weight excluding hydrogens is 511 g/mol. The summed E-state index contributed by atoms with van der Waals surface area (Å²) in [5.74, 6) is 0.269. The van der Waals surface area contributed by atoms with Crippen molar-refractivity contribution < 1.29 is 28.2 Å². The van der Waals surface area contributed by atoms with Crippen LogP contribution in [-0.4, -0.2) is 37.0 Å². The summed E-state index contributed by atoms with van der Waals surface area (Å²) in [5, 5.41) is 3.04. The molecule has 1 N–H and O–H groups in total. The molecule has 2 aliphatic rings. The first-order chi connectivity index (χ1) is 19.5. The van der Waals surface area contributed by atoms with Gasteiger partial charge in [0.05, 0.1) is 19.1 Å². The van der Waals surface area contributed by atoms with Crippen LogP contribution in [0, 0.1) is 5.82 Å². The Bertz CT molecular complexity index is 1550. The predicted molar refractivity (Wildman–Crippen MR) is 147 cm³/mol. The van der Waals surface area contributed by atoms with E-state index in [0.29, 0.717) is 47.3 Å². The van der Waals surface area contributed by atoms with Gasteiger partial charge in [0.1, 0.15) is 24.8 Å². The summed E-state index contributed by atoms with van der Waals surface area (Å²) in [6, 6.07) is 25.2. The molecular formula is C32H27FN2O5. The van der Waals surface area contributed by atoms with Crippen LogP contribution in [0.25, 0.3) is 0 Å². The molecule has 202 valence electrons. The number of methoxy groups -OCH3 is 1. The van der Waals surface area contributed by atoms with E-state index in [9.17, 15) is 14.0 Å². The van der Waals surface area contributed by atoms with Crippen molar-refractivity contribution in [3.05, 3.63) is 119 Å². The Morgan fingerprint density at radius 2 is 1.68 bits per heavy atom. The van der Waals surface area contributed by atoms with Crippen molar-refractivity contribution in [3.8, 4) is 17.2 Å². The van der Waals surface area contributed by atoms with E-state index < -0.39 is 12.0 Å². The Kier molecular flexibility index (Phi) is 6.82. The van der Waals surface area contributed by atoms with Crippen molar-refractivity contribution >= 4 is 17.5 Å². The van der Waals surface area contributed by atoms with Gasteiger partial charge in [0.25, 0.3) is 5.91 Å². The summed E-state index contributed by atoms with van der Waals surface area (Å²) in [6.07, 6.45) is 0. The van der Waals surface area contributed by atoms with E-state index in [1.807, 2.05) is 36.4 Å². The van der Waals surface area contributed by atoms with Crippen LogP contribution in [0.3, 0.4) is 0 Å². The third-order valence-corrected chi connectivity index (χ3v) is 7.25. The monoisotopic (exact) mass is 538 g/mol. The lowest BCUT2D eigenvalue weighted by Gasteiger charge is -2.42. The van der Waals surface area contributed by atoms with Crippen molar-refractivity contribution in [1.82, 2.24) is 4.90 Å². The number of amides is 2. The highest BCUT2D eigenvalue weighted by molar-refractivity contribution is 6.04. The number of hydrogen-bond donors (Lipinski definition) is 1. The van der Waals surface area contributed by atoms with E-state index in [-0.39, 0.29) is 24.2 Å². The van der Waals surface area contributed by atoms with Gasteiger partial charge >= 0.3 is 0 Å². The Labute approximate surface area is 231 Å². The summed E-state index contributed by atoms with van der Waals surface area (Å²) in [5.41, 5.74) is 3.17. The minimum absolute atomic E-state index is 0.192. The number of fused-ring (bicyclic) bond motifs is 2. The molecule has 0 radical (unpaired) electrons. The van der Waals surface area contributed by atoms with Gasteiger partial charge < -0.3 is 24.4 Å². The molecule has 2 heterocycles. The predicted octanol–water partition coefficient (Wildman–Crippen LogP) is 5.73. The highest BCUT2D eigenvalue weighted by Crippen LogP contribution is 2.44. The molecule has 0 saturated heterocycles. The SMILES string of the molecule is COc1ccc([C@H]2[C@H](C(=O)Nc3ccc4c(c3)OCCO4)c3ccccc3C(=O)N2Cc2ccc(F)cc2)cc1. The lowest BCUT2D eigenvalue weighted by Crippen LogP contribution is -2.45. The van der Waals surface area contributed by atoms with Crippen molar-refractivity contribution in [2.45, 2.75) is 18.5 Å². The first-order valence-corrected chi connectivity index (χ1v) is 13.0. The second-order valence-electron chi connectivity index (χ2n) is 9.69. The maximum absolute atomic E-state index is 14.2. The van der Waals surface area contributed by atoms with Gasteiger partial charge in [-0.2, -0.15) is 0 Å². The maximum Gasteiger partial charge on any atom is 0.255 e. The van der Waals surface area contributed by atoms with Gasteiger partial charge in [-0.25, -0.2) is 4.39 Å². The van der Waals surface area contributed by atoms with Crippen molar-refractivity contribution in [3.63, 3.8) is 0 Å². The summed E-state index contributed by atoms with van der Waals surface area (Å²) < 4.78 is 30.3. The Morgan fingerprint density at radius 1 is 0.950 bits per heavy atom. The minimum Gasteiger partial charge on any atom is -0.497 e. The van der Waals surface area contributed by atoms with Crippen LogP contribution in [-0.2, 0) is 11.3 Å². The molecule has 6 rings (SSSR count). The minimum atomic E-state index is -0.740. The quantitative estimate of drug-likeness (QED) is 0.340. The highest BCUT2D eigenvalue weighted by atomic mass is 19.1. The molecule has 4 aromatic carbocycles. The third-order valence-electron chi connectivity index (χ3n) is 7.25. The fourth-order valence-electron chi connectivity index (χ4n) is 5.35. The second kappa shape index (κ2) is 10.7. The second-order valence-corrected chi connectivity index (χ2v) is 9.69. The van der Waals surface area contributed by atoms with Crippen LogP contribution in [0.1, 0.15) is 39.0 Å². The molecule has 0 bridgehead atoms. The van der Waals surface area contributed by atoms with Crippen LogP contribution in [0.15, 0.2) is 91.0 Å². The van der Waals surface area contributed by atoms with Crippen molar-refractivity contribution in [2.75, 3.05) is 25.6 Å². The van der Waals surface area contributed by atoms with E-state index in [4.69, 9.17) is 14.2 Å². The normalized spacial score (nSPS) is 17.6. The zero-order valence-electron chi connectivity index (χ0n) is 21.8. The molecule has 2 atom stereocenters. The highest BCUT2D eigenvalue weighted by Gasteiger charge is 2.44. The summed E-state index contributed by atoms with van der Waals surface area (Å²) in [6.45, 7) is 1.09. The van der Waals surface area contributed by atoms with E-state index in [2.05, 4.69) is 5.32 Å². The maximum atomic E-state index is 14.2. The van der Waals surface area contributed by atoms with E-state index in [0.717, 1.165) is 11.1 Å². The van der Waals surface area contributed by atoms with Crippen molar-refractivity contribution in [1.29, 1.82) is 0 Å².